The molecule has 2 aromatic rings. The molecular formula is C12H13ClN2. The van der Waals surface area contributed by atoms with Crippen molar-refractivity contribution in [1.82, 2.24) is 9.78 Å². The standard InChI is InChI=1S/C12H13ClN2/c1-2-7-15-9-10(8-14-15)11-5-3-4-6-12(11)13/h3-6,8-9H,2,7H2,1H3. The number of benzene rings is 1. The van der Waals surface area contributed by atoms with E-state index in [9.17, 15) is 0 Å². The number of aryl methyl sites for hydroxylation is 1. The quantitative estimate of drug-likeness (QED) is 0.773. The van der Waals surface area contributed by atoms with Crippen LogP contribution >= 0.6 is 11.6 Å². The van der Waals surface area contributed by atoms with Crippen molar-refractivity contribution in [3.05, 3.63) is 41.7 Å². The average Bonchev–Trinajstić information content (AvgIpc) is 2.68. The number of halogens is 1. The van der Waals surface area contributed by atoms with Gasteiger partial charge in [-0.05, 0) is 12.5 Å². The topological polar surface area (TPSA) is 17.8 Å². The Morgan fingerprint density at radius 2 is 2.13 bits per heavy atom. The normalized spacial score (nSPS) is 10.5. The molecule has 2 rings (SSSR count). The Morgan fingerprint density at radius 1 is 1.33 bits per heavy atom. The van der Waals surface area contributed by atoms with Gasteiger partial charge in [0.05, 0.1) is 6.20 Å². The van der Waals surface area contributed by atoms with E-state index in [1.807, 2.05) is 41.3 Å². The second-order valence-electron chi connectivity index (χ2n) is 3.47. The monoisotopic (exact) mass is 220 g/mol. The van der Waals surface area contributed by atoms with E-state index in [1.54, 1.807) is 0 Å². The van der Waals surface area contributed by atoms with Crippen molar-refractivity contribution in [2.75, 3.05) is 0 Å². The van der Waals surface area contributed by atoms with Gasteiger partial charge < -0.3 is 0 Å². The molecule has 0 radical (unpaired) electrons. The molecule has 0 aliphatic heterocycles. The zero-order valence-corrected chi connectivity index (χ0v) is 9.41. The summed E-state index contributed by atoms with van der Waals surface area (Å²) in [6, 6.07) is 7.82. The van der Waals surface area contributed by atoms with E-state index in [0.717, 1.165) is 29.1 Å². The zero-order chi connectivity index (χ0) is 10.7. The Bertz CT molecular complexity index is 448. The Morgan fingerprint density at radius 3 is 2.87 bits per heavy atom. The first-order chi connectivity index (χ1) is 7.31. The lowest BCUT2D eigenvalue weighted by atomic mass is 10.1. The maximum Gasteiger partial charge on any atom is 0.0568 e. The molecule has 0 aliphatic rings. The molecule has 1 aromatic carbocycles. The fraction of sp³-hybridized carbons (Fsp3) is 0.250. The van der Waals surface area contributed by atoms with E-state index in [1.165, 1.54) is 0 Å². The Balaban J connectivity index is 2.33. The molecule has 15 heavy (non-hydrogen) atoms. The number of nitrogens with zero attached hydrogens (tertiary/aromatic N) is 2. The Labute approximate surface area is 94.5 Å². The van der Waals surface area contributed by atoms with Gasteiger partial charge in [-0.1, -0.05) is 36.7 Å². The Kier molecular flexibility index (Phi) is 3.07. The summed E-state index contributed by atoms with van der Waals surface area (Å²) in [7, 11) is 0. The molecule has 0 fully saturated rings. The third-order valence-electron chi connectivity index (χ3n) is 2.27. The second-order valence-corrected chi connectivity index (χ2v) is 3.88. The lowest BCUT2D eigenvalue weighted by Crippen LogP contribution is -1.95. The van der Waals surface area contributed by atoms with E-state index in [0.29, 0.717) is 0 Å². The van der Waals surface area contributed by atoms with Crippen LogP contribution < -0.4 is 0 Å². The minimum absolute atomic E-state index is 0.772. The summed E-state index contributed by atoms with van der Waals surface area (Å²) < 4.78 is 1.94. The first kappa shape index (κ1) is 10.2. The number of hydrogen-bond donors (Lipinski definition) is 0. The molecule has 0 unspecified atom stereocenters. The van der Waals surface area contributed by atoms with Crippen molar-refractivity contribution < 1.29 is 0 Å². The molecule has 1 heterocycles. The highest BCUT2D eigenvalue weighted by atomic mass is 35.5. The van der Waals surface area contributed by atoms with Crippen LogP contribution in [0.5, 0.6) is 0 Å². The predicted molar refractivity (Wildman–Crippen MR) is 63.0 cm³/mol. The summed E-state index contributed by atoms with van der Waals surface area (Å²) >= 11 is 6.11. The lowest BCUT2D eigenvalue weighted by Gasteiger charge is -1.99. The van der Waals surface area contributed by atoms with Gasteiger partial charge in [-0.3, -0.25) is 4.68 Å². The third kappa shape index (κ3) is 2.21. The molecule has 78 valence electrons. The summed E-state index contributed by atoms with van der Waals surface area (Å²) in [6.45, 7) is 3.08. The maximum absolute atomic E-state index is 6.11. The molecule has 0 amide bonds. The second kappa shape index (κ2) is 4.49. The molecule has 0 bridgehead atoms. The molecular weight excluding hydrogens is 208 g/mol. The minimum atomic E-state index is 0.772. The van der Waals surface area contributed by atoms with E-state index in [4.69, 9.17) is 11.6 Å². The molecule has 0 saturated carbocycles. The van der Waals surface area contributed by atoms with Gasteiger partial charge in [-0.15, -0.1) is 0 Å². The summed E-state index contributed by atoms with van der Waals surface area (Å²) in [5.41, 5.74) is 2.12. The summed E-state index contributed by atoms with van der Waals surface area (Å²) in [6.07, 6.45) is 4.98. The van der Waals surface area contributed by atoms with Gasteiger partial charge >= 0.3 is 0 Å². The van der Waals surface area contributed by atoms with Crippen LogP contribution in [0, 0.1) is 0 Å². The fourth-order valence-electron chi connectivity index (χ4n) is 1.55. The van der Waals surface area contributed by atoms with Gasteiger partial charge in [-0.25, -0.2) is 0 Å². The largest absolute Gasteiger partial charge is 0.272 e. The highest BCUT2D eigenvalue weighted by Gasteiger charge is 2.04. The molecule has 0 spiro atoms. The molecule has 3 heteroatoms. The van der Waals surface area contributed by atoms with Gasteiger partial charge in [-0.2, -0.15) is 5.10 Å². The van der Waals surface area contributed by atoms with Gasteiger partial charge in [0.2, 0.25) is 0 Å². The summed E-state index contributed by atoms with van der Waals surface area (Å²) in [4.78, 5) is 0. The van der Waals surface area contributed by atoms with E-state index < -0.39 is 0 Å². The van der Waals surface area contributed by atoms with Gasteiger partial charge in [0, 0.05) is 28.9 Å². The van der Waals surface area contributed by atoms with Crippen molar-refractivity contribution in [3.63, 3.8) is 0 Å². The minimum Gasteiger partial charge on any atom is -0.272 e. The average molecular weight is 221 g/mol. The van der Waals surface area contributed by atoms with Crippen LogP contribution in [-0.2, 0) is 6.54 Å². The van der Waals surface area contributed by atoms with Gasteiger partial charge in [0.15, 0.2) is 0 Å². The van der Waals surface area contributed by atoms with Crippen molar-refractivity contribution >= 4 is 11.6 Å². The van der Waals surface area contributed by atoms with Crippen LogP contribution in [0.4, 0.5) is 0 Å². The number of hydrogen-bond acceptors (Lipinski definition) is 1. The molecule has 0 aliphatic carbocycles. The molecule has 2 nitrogen and oxygen atoms in total. The van der Waals surface area contributed by atoms with Crippen LogP contribution in [0.15, 0.2) is 36.7 Å². The Hall–Kier alpha value is -1.28. The van der Waals surface area contributed by atoms with Crippen LogP contribution in [-0.4, -0.2) is 9.78 Å². The first-order valence-electron chi connectivity index (χ1n) is 5.08. The molecule has 0 atom stereocenters. The van der Waals surface area contributed by atoms with Crippen LogP contribution in [0.3, 0.4) is 0 Å². The molecule has 1 aromatic heterocycles. The van der Waals surface area contributed by atoms with E-state index in [2.05, 4.69) is 12.0 Å². The van der Waals surface area contributed by atoms with Crippen molar-refractivity contribution in [1.29, 1.82) is 0 Å². The van der Waals surface area contributed by atoms with Crippen LogP contribution in [0.2, 0.25) is 5.02 Å². The predicted octanol–water partition coefficient (Wildman–Crippen LogP) is 3.61. The highest BCUT2D eigenvalue weighted by Crippen LogP contribution is 2.26. The number of rotatable bonds is 3. The lowest BCUT2D eigenvalue weighted by molar-refractivity contribution is 0.603. The summed E-state index contributed by atoms with van der Waals surface area (Å²) in [5, 5.41) is 5.05. The van der Waals surface area contributed by atoms with E-state index in [-0.39, 0.29) is 0 Å². The van der Waals surface area contributed by atoms with Gasteiger partial charge in [0.25, 0.3) is 0 Å². The van der Waals surface area contributed by atoms with Crippen LogP contribution in [0.25, 0.3) is 11.1 Å². The van der Waals surface area contributed by atoms with Crippen molar-refractivity contribution in [2.24, 2.45) is 0 Å². The summed E-state index contributed by atoms with van der Waals surface area (Å²) in [5.74, 6) is 0. The maximum atomic E-state index is 6.11. The van der Waals surface area contributed by atoms with Gasteiger partial charge in [0.1, 0.15) is 0 Å². The fourth-order valence-corrected chi connectivity index (χ4v) is 1.79. The van der Waals surface area contributed by atoms with Crippen LogP contribution in [0.1, 0.15) is 13.3 Å². The zero-order valence-electron chi connectivity index (χ0n) is 8.65. The smallest absolute Gasteiger partial charge is 0.0568 e. The SMILES string of the molecule is CCCn1cc(-c2ccccc2Cl)cn1. The third-order valence-corrected chi connectivity index (χ3v) is 2.60. The molecule has 0 saturated heterocycles. The molecule has 0 N–H and O–H groups in total. The van der Waals surface area contributed by atoms with Crippen molar-refractivity contribution in [2.45, 2.75) is 19.9 Å². The van der Waals surface area contributed by atoms with E-state index >= 15 is 0 Å². The van der Waals surface area contributed by atoms with Crippen molar-refractivity contribution in [3.8, 4) is 11.1 Å². The highest BCUT2D eigenvalue weighted by molar-refractivity contribution is 6.33. The number of aromatic nitrogens is 2. The first-order valence-corrected chi connectivity index (χ1v) is 5.46.